The molecule has 0 radical (unpaired) electrons. The SMILES string of the molecule is c1ccc(CN2CC(COCC3CN(Cc4ccccc4)N=N3)N=N2)cc1. The largest absolute Gasteiger partial charge is 0.377 e. The van der Waals surface area contributed by atoms with Crippen LogP contribution in [0.25, 0.3) is 0 Å². The highest BCUT2D eigenvalue weighted by atomic mass is 16.5. The van der Waals surface area contributed by atoms with Crippen molar-refractivity contribution in [3.8, 4) is 0 Å². The average molecular weight is 364 g/mol. The highest BCUT2D eigenvalue weighted by Gasteiger charge is 2.22. The number of benzene rings is 2. The Bertz CT molecular complexity index is 701. The van der Waals surface area contributed by atoms with Gasteiger partial charge >= 0.3 is 0 Å². The molecule has 2 unspecified atom stereocenters. The first kappa shape index (κ1) is 17.6. The molecule has 0 saturated heterocycles. The van der Waals surface area contributed by atoms with E-state index >= 15 is 0 Å². The summed E-state index contributed by atoms with van der Waals surface area (Å²) in [5, 5.41) is 21.1. The van der Waals surface area contributed by atoms with Crippen molar-refractivity contribution < 1.29 is 4.74 Å². The minimum absolute atomic E-state index is 0.0903. The standard InChI is InChI=1S/C20H24N6O/c1-3-7-17(8-4-1)11-25-13-19(21-23-25)15-27-16-20-14-26(24-22-20)12-18-9-5-2-6-10-18/h1-10,19-20H,11-16H2. The predicted molar refractivity (Wildman–Crippen MR) is 102 cm³/mol. The van der Waals surface area contributed by atoms with Crippen LogP contribution in [0.1, 0.15) is 11.1 Å². The molecule has 0 N–H and O–H groups in total. The van der Waals surface area contributed by atoms with Crippen LogP contribution >= 0.6 is 0 Å². The van der Waals surface area contributed by atoms with Crippen LogP contribution in [0.5, 0.6) is 0 Å². The number of rotatable bonds is 8. The van der Waals surface area contributed by atoms with Gasteiger partial charge in [0.2, 0.25) is 0 Å². The molecular weight excluding hydrogens is 340 g/mol. The molecule has 2 aliphatic heterocycles. The zero-order valence-corrected chi connectivity index (χ0v) is 15.3. The second kappa shape index (κ2) is 8.73. The maximum atomic E-state index is 5.84. The minimum atomic E-state index is 0.0903. The summed E-state index contributed by atoms with van der Waals surface area (Å²) in [4.78, 5) is 0. The summed E-state index contributed by atoms with van der Waals surface area (Å²) in [6.45, 7) is 4.29. The molecule has 7 heteroatoms. The summed E-state index contributed by atoms with van der Waals surface area (Å²) in [6, 6.07) is 20.8. The normalized spacial score (nSPS) is 21.3. The van der Waals surface area contributed by atoms with Crippen molar-refractivity contribution >= 4 is 0 Å². The van der Waals surface area contributed by atoms with Gasteiger partial charge in [0, 0.05) is 0 Å². The van der Waals surface area contributed by atoms with Gasteiger partial charge in [-0.15, -0.1) is 0 Å². The Morgan fingerprint density at radius 3 is 1.59 bits per heavy atom. The molecule has 0 fully saturated rings. The second-order valence-electron chi connectivity index (χ2n) is 6.92. The van der Waals surface area contributed by atoms with E-state index in [1.54, 1.807) is 0 Å². The maximum absolute atomic E-state index is 5.84. The zero-order chi connectivity index (χ0) is 18.3. The van der Waals surface area contributed by atoms with Crippen LogP contribution in [0.4, 0.5) is 0 Å². The van der Waals surface area contributed by atoms with Gasteiger partial charge in [-0.3, -0.25) is 10.0 Å². The summed E-state index contributed by atoms with van der Waals surface area (Å²) in [6.07, 6.45) is 0. The van der Waals surface area contributed by atoms with E-state index in [2.05, 4.69) is 44.9 Å². The van der Waals surface area contributed by atoms with E-state index in [0.29, 0.717) is 13.2 Å². The van der Waals surface area contributed by atoms with E-state index in [4.69, 9.17) is 4.74 Å². The summed E-state index contributed by atoms with van der Waals surface area (Å²) in [7, 11) is 0. The average Bonchev–Trinajstić information content (AvgIpc) is 3.33. The monoisotopic (exact) mass is 364 g/mol. The van der Waals surface area contributed by atoms with E-state index in [-0.39, 0.29) is 12.1 Å². The van der Waals surface area contributed by atoms with Crippen molar-refractivity contribution in [3.63, 3.8) is 0 Å². The van der Waals surface area contributed by atoms with Gasteiger partial charge in [0.15, 0.2) is 0 Å². The van der Waals surface area contributed by atoms with Gasteiger partial charge in [0.05, 0.1) is 39.4 Å². The molecule has 0 saturated carbocycles. The molecule has 0 aromatic heterocycles. The van der Waals surface area contributed by atoms with Gasteiger partial charge in [-0.1, -0.05) is 71.1 Å². The Morgan fingerprint density at radius 1 is 0.704 bits per heavy atom. The molecule has 140 valence electrons. The van der Waals surface area contributed by atoms with Gasteiger partial charge < -0.3 is 4.74 Å². The minimum Gasteiger partial charge on any atom is -0.377 e. The fourth-order valence-corrected chi connectivity index (χ4v) is 3.22. The smallest absolute Gasteiger partial charge is 0.115 e. The summed E-state index contributed by atoms with van der Waals surface area (Å²) in [5.74, 6) is 0. The maximum Gasteiger partial charge on any atom is 0.115 e. The van der Waals surface area contributed by atoms with E-state index in [0.717, 1.165) is 26.2 Å². The van der Waals surface area contributed by atoms with Gasteiger partial charge in [-0.05, 0) is 11.1 Å². The van der Waals surface area contributed by atoms with Crippen LogP contribution in [-0.2, 0) is 17.8 Å². The molecule has 0 aliphatic carbocycles. The fourth-order valence-electron chi connectivity index (χ4n) is 3.22. The third kappa shape index (κ3) is 5.10. The molecule has 2 aromatic rings. The Kier molecular flexibility index (Phi) is 5.69. The lowest BCUT2D eigenvalue weighted by molar-refractivity contribution is 0.105. The van der Waals surface area contributed by atoms with Gasteiger partial charge in [-0.25, -0.2) is 0 Å². The summed E-state index contributed by atoms with van der Waals surface area (Å²) < 4.78 is 5.84. The Morgan fingerprint density at radius 2 is 1.15 bits per heavy atom. The van der Waals surface area contributed by atoms with Gasteiger partial charge in [0.25, 0.3) is 0 Å². The fraction of sp³-hybridized carbons (Fsp3) is 0.400. The molecule has 0 amide bonds. The van der Waals surface area contributed by atoms with Crippen LogP contribution in [0.3, 0.4) is 0 Å². The summed E-state index contributed by atoms with van der Waals surface area (Å²) in [5.41, 5.74) is 2.48. The molecule has 0 bridgehead atoms. The highest BCUT2D eigenvalue weighted by molar-refractivity contribution is 5.15. The molecule has 0 spiro atoms. The van der Waals surface area contributed by atoms with E-state index < -0.39 is 0 Å². The van der Waals surface area contributed by atoms with E-state index in [9.17, 15) is 0 Å². The number of hydrogen-bond donors (Lipinski definition) is 0. The van der Waals surface area contributed by atoms with Crippen molar-refractivity contribution in [1.82, 2.24) is 10.0 Å². The summed E-state index contributed by atoms with van der Waals surface area (Å²) >= 11 is 0. The van der Waals surface area contributed by atoms with E-state index in [1.165, 1.54) is 11.1 Å². The van der Waals surface area contributed by atoms with Crippen LogP contribution in [0.15, 0.2) is 81.3 Å². The van der Waals surface area contributed by atoms with Crippen molar-refractivity contribution in [1.29, 1.82) is 0 Å². The Balaban J connectivity index is 1.13. The second-order valence-corrected chi connectivity index (χ2v) is 6.92. The Hall–Kier alpha value is -2.80. The first-order chi connectivity index (χ1) is 13.3. The third-order valence-electron chi connectivity index (χ3n) is 4.56. The van der Waals surface area contributed by atoms with Crippen molar-refractivity contribution in [3.05, 3.63) is 71.8 Å². The quantitative estimate of drug-likeness (QED) is 0.720. The van der Waals surface area contributed by atoms with Crippen LogP contribution in [0, 0.1) is 0 Å². The van der Waals surface area contributed by atoms with Crippen LogP contribution in [-0.4, -0.2) is 48.4 Å². The molecule has 27 heavy (non-hydrogen) atoms. The first-order valence-corrected chi connectivity index (χ1v) is 9.32. The van der Waals surface area contributed by atoms with Crippen molar-refractivity contribution in [2.45, 2.75) is 25.2 Å². The lowest BCUT2D eigenvalue weighted by atomic mass is 10.2. The zero-order valence-electron chi connectivity index (χ0n) is 15.3. The molecular formula is C20H24N6O. The number of hydrogen-bond acceptors (Lipinski definition) is 7. The van der Waals surface area contributed by atoms with Gasteiger partial charge in [-0.2, -0.15) is 10.2 Å². The number of nitrogens with zero attached hydrogens (tertiary/aromatic N) is 6. The molecule has 2 heterocycles. The first-order valence-electron chi connectivity index (χ1n) is 9.32. The number of ether oxygens (including phenoxy) is 1. The highest BCUT2D eigenvalue weighted by Crippen LogP contribution is 2.16. The van der Waals surface area contributed by atoms with Crippen molar-refractivity contribution in [2.75, 3.05) is 26.3 Å². The lowest BCUT2D eigenvalue weighted by Crippen LogP contribution is -2.28. The molecule has 7 nitrogen and oxygen atoms in total. The molecule has 2 aliphatic rings. The van der Waals surface area contributed by atoms with E-state index in [1.807, 2.05) is 46.4 Å². The molecule has 4 rings (SSSR count). The van der Waals surface area contributed by atoms with Gasteiger partial charge in [0.1, 0.15) is 12.1 Å². The molecule has 2 aromatic carbocycles. The Labute approximate surface area is 159 Å². The predicted octanol–water partition coefficient (Wildman–Crippen LogP) is 3.51. The topological polar surface area (TPSA) is 65.2 Å². The molecule has 2 atom stereocenters. The van der Waals surface area contributed by atoms with Crippen molar-refractivity contribution in [2.24, 2.45) is 20.7 Å². The van der Waals surface area contributed by atoms with Crippen LogP contribution in [0.2, 0.25) is 0 Å². The lowest BCUT2D eigenvalue weighted by Gasteiger charge is -2.15. The van der Waals surface area contributed by atoms with Crippen LogP contribution < -0.4 is 0 Å². The third-order valence-corrected chi connectivity index (χ3v) is 4.56.